The van der Waals surface area contributed by atoms with E-state index >= 15 is 0 Å². The van der Waals surface area contributed by atoms with Crippen molar-refractivity contribution >= 4 is 11.7 Å². The number of hydrogen-bond donors (Lipinski definition) is 2. The molecule has 0 unspecified atom stereocenters. The molecule has 0 saturated heterocycles. The molecule has 2 atom stereocenters. The quantitative estimate of drug-likeness (QED) is 0.828. The molecule has 1 aromatic rings. The molecule has 0 radical (unpaired) electrons. The van der Waals surface area contributed by atoms with Crippen LogP contribution in [0, 0.1) is 12.8 Å². The van der Waals surface area contributed by atoms with Gasteiger partial charge < -0.3 is 15.8 Å². The van der Waals surface area contributed by atoms with Crippen LogP contribution in [-0.2, 0) is 16.1 Å². The summed E-state index contributed by atoms with van der Waals surface area (Å²) in [5, 5.41) is 3.30. The van der Waals surface area contributed by atoms with Gasteiger partial charge in [0.25, 0.3) is 0 Å². The Balaban J connectivity index is 2.12. The van der Waals surface area contributed by atoms with Crippen molar-refractivity contribution in [3.8, 4) is 0 Å². The van der Waals surface area contributed by atoms with Crippen molar-refractivity contribution in [2.24, 2.45) is 11.7 Å². The Morgan fingerprint density at radius 3 is 3.00 bits per heavy atom. The first-order chi connectivity index (χ1) is 9.10. The van der Waals surface area contributed by atoms with E-state index in [2.05, 4.69) is 15.3 Å². The summed E-state index contributed by atoms with van der Waals surface area (Å²) in [5.41, 5.74) is 6.29. The molecule has 1 aromatic heterocycles. The van der Waals surface area contributed by atoms with E-state index in [1.54, 1.807) is 7.11 Å². The molecule has 1 heterocycles. The molecule has 3 N–H and O–H groups in total. The maximum absolute atomic E-state index is 11.4. The van der Waals surface area contributed by atoms with E-state index in [-0.39, 0.29) is 17.9 Å². The van der Waals surface area contributed by atoms with E-state index in [1.807, 2.05) is 13.0 Å². The van der Waals surface area contributed by atoms with E-state index in [4.69, 9.17) is 10.5 Å². The summed E-state index contributed by atoms with van der Waals surface area (Å²) in [7, 11) is 1.61. The fourth-order valence-electron chi connectivity index (χ4n) is 2.56. The summed E-state index contributed by atoms with van der Waals surface area (Å²) in [5.74, 6) is 1.02. The standard InChI is InChI=1S/C13H20N4O2/c1-8-6-11(17-12(15-8)7-19-2)16-10-5-3-4-9(10)13(14)18/h6,9-10H,3-5,7H2,1-2H3,(H2,14,18)(H,15,16,17)/t9-,10-/m1/s1. The summed E-state index contributed by atoms with van der Waals surface area (Å²) in [6.07, 6.45) is 2.80. The van der Waals surface area contributed by atoms with Gasteiger partial charge >= 0.3 is 0 Å². The van der Waals surface area contributed by atoms with Gasteiger partial charge in [0.2, 0.25) is 5.91 Å². The zero-order valence-electron chi connectivity index (χ0n) is 11.3. The van der Waals surface area contributed by atoms with Crippen LogP contribution in [0.5, 0.6) is 0 Å². The first-order valence-electron chi connectivity index (χ1n) is 6.49. The third-order valence-electron chi connectivity index (χ3n) is 3.39. The van der Waals surface area contributed by atoms with Gasteiger partial charge in [0, 0.05) is 24.9 Å². The molecule has 1 saturated carbocycles. The van der Waals surface area contributed by atoms with Crippen molar-refractivity contribution in [2.75, 3.05) is 12.4 Å². The van der Waals surface area contributed by atoms with Gasteiger partial charge in [0.05, 0.1) is 5.92 Å². The highest BCUT2D eigenvalue weighted by Gasteiger charge is 2.31. The first-order valence-corrected chi connectivity index (χ1v) is 6.49. The third kappa shape index (κ3) is 3.41. The molecule has 19 heavy (non-hydrogen) atoms. The molecule has 6 nitrogen and oxygen atoms in total. The van der Waals surface area contributed by atoms with Crippen molar-refractivity contribution in [1.82, 2.24) is 9.97 Å². The first kappa shape index (κ1) is 13.7. The van der Waals surface area contributed by atoms with Crippen molar-refractivity contribution in [1.29, 1.82) is 0 Å². The van der Waals surface area contributed by atoms with Gasteiger partial charge in [-0.25, -0.2) is 9.97 Å². The SMILES string of the molecule is COCc1nc(C)cc(N[C@@H]2CCC[C@H]2C(N)=O)n1. The number of carbonyl (C=O) groups excluding carboxylic acids is 1. The Kier molecular flexibility index (Phi) is 4.31. The lowest BCUT2D eigenvalue weighted by atomic mass is 10.0. The second-order valence-electron chi connectivity index (χ2n) is 4.93. The molecule has 1 amide bonds. The van der Waals surface area contributed by atoms with Crippen LogP contribution >= 0.6 is 0 Å². The maximum Gasteiger partial charge on any atom is 0.222 e. The Morgan fingerprint density at radius 1 is 1.53 bits per heavy atom. The number of methoxy groups -OCH3 is 1. The van der Waals surface area contributed by atoms with Gasteiger partial charge in [-0.05, 0) is 19.8 Å². The van der Waals surface area contributed by atoms with Crippen LogP contribution in [0.15, 0.2) is 6.07 Å². The van der Waals surface area contributed by atoms with Crippen LogP contribution in [0.25, 0.3) is 0 Å². The number of nitrogens with two attached hydrogens (primary N) is 1. The number of nitrogens with zero attached hydrogens (tertiary/aromatic N) is 2. The average molecular weight is 264 g/mol. The number of hydrogen-bond acceptors (Lipinski definition) is 5. The maximum atomic E-state index is 11.4. The predicted octanol–water partition coefficient (Wildman–Crippen LogP) is 0.997. The van der Waals surface area contributed by atoms with Crippen molar-refractivity contribution < 1.29 is 9.53 Å². The van der Waals surface area contributed by atoms with Crippen LogP contribution in [0.2, 0.25) is 0 Å². The minimum absolute atomic E-state index is 0.0715. The molecule has 6 heteroatoms. The highest BCUT2D eigenvalue weighted by Crippen LogP contribution is 2.28. The zero-order valence-corrected chi connectivity index (χ0v) is 11.3. The van der Waals surface area contributed by atoms with Crippen LogP contribution in [0.1, 0.15) is 30.8 Å². The Labute approximate surface area is 112 Å². The van der Waals surface area contributed by atoms with Crippen LogP contribution in [-0.4, -0.2) is 29.0 Å². The lowest BCUT2D eigenvalue weighted by molar-refractivity contribution is -0.121. The highest BCUT2D eigenvalue weighted by molar-refractivity contribution is 5.78. The van der Waals surface area contributed by atoms with Gasteiger partial charge in [-0.1, -0.05) is 6.42 Å². The van der Waals surface area contributed by atoms with Gasteiger partial charge in [-0.15, -0.1) is 0 Å². The fraction of sp³-hybridized carbons (Fsp3) is 0.615. The lowest BCUT2D eigenvalue weighted by Gasteiger charge is -2.19. The average Bonchev–Trinajstić information content (AvgIpc) is 2.76. The number of amides is 1. The smallest absolute Gasteiger partial charge is 0.222 e. The largest absolute Gasteiger partial charge is 0.377 e. The number of ether oxygens (including phenoxy) is 1. The summed E-state index contributed by atoms with van der Waals surface area (Å²) in [6.45, 7) is 2.28. The summed E-state index contributed by atoms with van der Waals surface area (Å²) in [4.78, 5) is 20.0. The van der Waals surface area contributed by atoms with Crippen molar-refractivity contribution in [2.45, 2.75) is 38.8 Å². The number of aryl methyl sites for hydroxylation is 1. The zero-order chi connectivity index (χ0) is 13.8. The number of rotatable bonds is 5. The molecular formula is C13H20N4O2. The van der Waals surface area contributed by atoms with E-state index in [1.165, 1.54) is 0 Å². The number of aromatic nitrogens is 2. The monoisotopic (exact) mass is 264 g/mol. The molecule has 0 aliphatic heterocycles. The summed E-state index contributed by atoms with van der Waals surface area (Å²) >= 11 is 0. The molecule has 1 fully saturated rings. The fourth-order valence-corrected chi connectivity index (χ4v) is 2.56. The molecule has 1 aliphatic rings. The minimum Gasteiger partial charge on any atom is -0.377 e. The number of carbonyl (C=O) groups is 1. The number of primary amides is 1. The van der Waals surface area contributed by atoms with Gasteiger partial charge in [-0.3, -0.25) is 4.79 Å². The van der Waals surface area contributed by atoms with Gasteiger partial charge in [0.1, 0.15) is 12.4 Å². The Morgan fingerprint density at radius 2 is 2.32 bits per heavy atom. The van der Waals surface area contributed by atoms with E-state index in [9.17, 15) is 4.79 Å². The summed E-state index contributed by atoms with van der Waals surface area (Å²) < 4.78 is 5.04. The van der Waals surface area contributed by atoms with Gasteiger partial charge in [0.15, 0.2) is 5.82 Å². The predicted molar refractivity (Wildman–Crippen MR) is 71.4 cm³/mol. The topological polar surface area (TPSA) is 90.1 Å². The molecule has 1 aliphatic carbocycles. The second kappa shape index (κ2) is 5.97. The Bertz CT molecular complexity index is 464. The highest BCUT2D eigenvalue weighted by atomic mass is 16.5. The molecule has 2 rings (SSSR count). The summed E-state index contributed by atoms with van der Waals surface area (Å²) in [6, 6.07) is 1.94. The van der Waals surface area contributed by atoms with Crippen LogP contribution in [0.3, 0.4) is 0 Å². The minimum atomic E-state index is -0.238. The van der Waals surface area contributed by atoms with Crippen molar-refractivity contribution in [3.63, 3.8) is 0 Å². The molecule has 104 valence electrons. The van der Waals surface area contributed by atoms with E-state index in [0.29, 0.717) is 12.4 Å². The lowest BCUT2D eigenvalue weighted by Crippen LogP contribution is -2.34. The number of anilines is 1. The van der Waals surface area contributed by atoms with Crippen molar-refractivity contribution in [3.05, 3.63) is 17.6 Å². The molecule has 0 bridgehead atoms. The third-order valence-corrected chi connectivity index (χ3v) is 3.39. The van der Waals surface area contributed by atoms with Gasteiger partial charge in [-0.2, -0.15) is 0 Å². The normalized spacial score (nSPS) is 22.4. The van der Waals surface area contributed by atoms with E-state index in [0.717, 1.165) is 30.8 Å². The molecule has 0 aromatic carbocycles. The molecular weight excluding hydrogens is 244 g/mol. The van der Waals surface area contributed by atoms with Crippen LogP contribution in [0.4, 0.5) is 5.82 Å². The second-order valence-corrected chi connectivity index (χ2v) is 4.93. The molecule has 0 spiro atoms. The van der Waals surface area contributed by atoms with Crippen LogP contribution < -0.4 is 11.1 Å². The Hall–Kier alpha value is -1.69. The van der Waals surface area contributed by atoms with E-state index < -0.39 is 0 Å². The number of nitrogens with one attached hydrogen (secondary N) is 1.